The maximum atomic E-state index is 12.7. The summed E-state index contributed by atoms with van der Waals surface area (Å²) in [5.74, 6) is 0.800. The summed E-state index contributed by atoms with van der Waals surface area (Å²) >= 11 is 0. The van der Waals surface area contributed by atoms with Gasteiger partial charge in [-0.25, -0.2) is 0 Å². The lowest BCUT2D eigenvalue weighted by Gasteiger charge is -2.18. The van der Waals surface area contributed by atoms with Gasteiger partial charge in [0.2, 0.25) is 0 Å². The van der Waals surface area contributed by atoms with Gasteiger partial charge in [-0.15, -0.1) is 0 Å². The number of hydrogen-bond acceptors (Lipinski definition) is 4. The quantitative estimate of drug-likeness (QED) is 0.768. The lowest BCUT2D eigenvalue weighted by Crippen LogP contribution is -2.31. The maximum absolute atomic E-state index is 12.7. The summed E-state index contributed by atoms with van der Waals surface area (Å²) in [7, 11) is 0. The molecule has 25 heavy (non-hydrogen) atoms. The standard InChI is InChI=1S/C20H19N3O2/c1-13-6-5-11-21-18(13)19(15-9-10-15)22-20(24)16-12-17(25-23-16)14-7-3-2-4-8-14/h2-8,11-12,15,19H,9-10H2,1H3,(H,22,24)/t19-/m0/s1. The Morgan fingerprint density at radius 3 is 2.72 bits per heavy atom. The number of amides is 1. The minimum absolute atomic E-state index is 0.0782. The van der Waals surface area contributed by atoms with Gasteiger partial charge in [-0.2, -0.15) is 0 Å². The van der Waals surface area contributed by atoms with Crippen LogP contribution in [0.15, 0.2) is 59.3 Å². The van der Waals surface area contributed by atoms with Gasteiger partial charge in [0.05, 0.1) is 11.7 Å². The van der Waals surface area contributed by atoms with Crippen molar-refractivity contribution in [2.75, 3.05) is 0 Å². The van der Waals surface area contributed by atoms with E-state index in [2.05, 4.69) is 15.5 Å². The molecule has 1 atom stereocenters. The Kier molecular flexibility index (Phi) is 4.06. The van der Waals surface area contributed by atoms with Crippen molar-refractivity contribution in [2.24, 2.45) is 5.92 Å². The van der Waals surface area contributed by atoms with Gasteiger partial charge in [0.1, 0.15) is 0 Å². The number of rotatable bonds is 5. The molecular weight excluding hydrogens is 314 g/mol. The number of pyridine rings is 1. The van der Waals surface area contributed by atoms with Crippen molar-refractivity contribution in [3.8, 4) is 11.3 Å². The lowest BCUT2D eigenvalue weighted by molar-refractivity contribution is 0.0921. The van der Waals surface area contributed by atoms with Crippen LogP contribution in [0.1, 0.15) is 40.6 Å². The Morgan fingerprint density at radius 1 is 1.20 bits per heavy atom. The van der Waals surface area contributed by atoms with Gasteiger partial charge in [-0.1, -0.05) is 41.6 Å². The molecule has 1 aliphatic rings. The zero-order valence-corrected chi connectivity index (χ0v) is 14.0. The minimum Gasteiger partial charge on any atom is -0.355 e. The van der Waals surface area contributed by atoms with Crippen LogP contribution in [0.5, 0.6) is 0 Å². The molecule has 1 aromatic carbocycles. The van der Waals surface area contributed by atoms with Crippen LogP contribution in [0.3, 0.4) is 0 Å². The largest absolute Gasteiger partial charge is 0.355 e. The predicted molar refractivity (Wildman–Crippen MR) is 93.8 cm³/mol. The second-order valence-corrected chi connectivity index (χ2v) is 6.44. The molecule has 1 amide bonds. The van der Waals surface area contributed by atoms with Gasteiger partial charge in [0.25, 0.3) is 5.91 Å². The first-order valence-corrected chi connectivity index (χ1v) is 8.47. The van der Waals surface area contributed by atoms with E-state index in [-0.39, 0.29) is 17.6 Å². The fourth-order valence-electron chi connectivity index (χ4n) is 3.00. The van der Waals surface area contributed by atoms with Crippen LogP contribution >= 0.6 is 0 Å². The Morgan fingerprint density at radius 2 is 2.00 bits per heavy atom. The van der Waals surface area contributed by atoms with Crippen molar-refractivity contribution in [1.82, 2.24) is 15.5 Å². The highest BCUT2D eigenvalue weighted by atomic mass is 16.5. The normalized spacial score (nSPS) is 14.9. The number of carbonyl (C=O) groups excluding carboxylic acids is 1. The molecule has 5 nitrogen and oxygen atoms in total. The molecule has 1 N–H and O–H groups in total. The molecule has 4 rings (SSSR count). The van der Waals surface area contributed by atoms with E-state index in [0.29, 0.717) is 11.7 Å². The summed E-state index contributed by atoms with van der Waals surface area (Å²) in [4.78, 5) is 17.1. The highest BCUT2D eigenvalue weighted by Gasteiger charge is 2.35. The summed E-state index contributed by atoms with van der Waals surface area (Å²) in [5.41, 5.74) is 3.21. The number of aromatic nitrogens is 2. The van der Waals surface area contributed by atoms with E-state index in [0.717, 1.165) is 29.7 Å². The molecule has 2 aromatic heterocycles. The summed E-state index contributed by atoms with van der Waals surface area (Å²) in [6.07, 6.45) is 3.98. The van der Waals surface area contributed by atoms with E-state index in [4.69, 9.17) is 4.52 Å². The van der Waals surface area contributed by atoms with E-state index in [1.54, 1.807) is 12.3 Å². The van der Waals surface area contributed by atoms with Crippen LogP contribution in [0.2, 0.25) is 0 Å². The van der Waals surface area contributed by atoms with Gasteiger partial charge in [-0.3, -0.25) is 9.78 Å². The Labute approximate surface area is 146 Å². The van der Waals surface area contributed by atoms with Crippen molar-refractivity contribution in [3.05, 3.63) is 71.7 Å². The Bertz CT molecular complexity index is 885. The average molecular weight is 333 g/mol. The predicted octanol–water partition coefficient (Wildman–Crippen LogP) is 3.93. The molecule has 0 aliphatic heterocycles. The molecule has 3 aromatic rings. The summed E-state index contributed by atoms with van der Waals surface area (Å²) in [6.45, 7) is 2.02. The molecule has 2 heterocycles. The van der Waals surface area contributed by atoms with Gasteiger partial charge in [0, 0.05) is 17.8 Å². The lowest BCUT2D eigenvalue weighted by atomic mass is 10.0. The van der Waals surface area contributed by atoms with E-state index in [1.165, 1.54) is 0 Å². The summed E-state index contributed by atoms with van der Waals surface area (Å²) in [5, 5.41) is 7.03. The summed E-state index contributed by atoms with van der Waals surface area (Å²) < 4.78 is 5.33. The second kappa shape index (κ2) is 6.51. The highest BCUT2D eigenvalue weighted by molar-refractivity contribution is 5.93. The first kappa shape index (κ1) is 15.6. The van der Waals surface area contributed by atoms with Crippen LogP contribution in [0, 0.1) is 12.8 Å². The van der Waals surface area contributed by atoms with E-state index < -0.39 is 0 Å². The Hall–Kier alpha value is -2.95. The molecule has 1 aliphatic carbocycles. The van der Waals surface area contributed by atoms with Gasteiger partial charge < -0.3 is 9.84 Å². The van der Waals surface area contributed by atoms with Crippen molar-refractivity contribution in [2.45, 2.75) is 25.8 Å². The smallest absolute Gasteiger partial charge is 0.274 e. The average Bonchev–Trinajstić information content (AvgIpc) is 3.36. The van der Waals surface area contributed by atoms with E-state index in [1.807, 2.05) is 49.4 Å². The molecule has 0 saturated heterocycles. The van der Waals surface area contributed by atoms with E-state index >= 15 is 0 Å². The minimum atomic E-state index is -0.229. The number of nitrogens with one attached hydrogen (secondary N) is 1. The van der Waals surface area contributed by atoms with Gasteiger partial charge in [-0.05, 0) is 37.3 Å². The zero-order chi connectivity index (χ0) is 17.2. The monoisotopic (exact) mass is 333 g/mol. The van der Waals surface area contributed by atoms with Crippen molar-refractivity contribution in [3.63, 3.8) is 0 Å². The molecular formula is C20H19N3O2. The van der Waals surface area contributed by atoms with Crippen LogP contribution in [0.25, 0.3) is 11.3 Å². The fourth-order valence-corrected chi connectivity index (χ4v) is 3.00. The maximum Gasteiger partial charge on any atom is 0.274 e. The molecule has 5 heteroatoms. The number of nitrogens with zero attached hydrogens (tertiary/aromatic N) is 2. The number of hydrogen-bond donors (Lipinski definition) is 1. The first-order valence-electron chi connectivity index (χ1n) is 8.47. The molecule has 1 saturated carbocycles. The van der Waals surface area contributed by atoms with Gasteiger partial charge in [0.15, 0.2) is 11.5 Å². The molecule has 0 bridgehead atoms. The summed E-state index contributed by atoms with van der Waals surface area (Å²) in [6, 6.07) is 15.2. The molecule has 1 fully saturated rings. The second-order valence-electron chi connectivity index (χ2n) is 6.44. The molecule has 0 unspecified atom stereocenters. The number of carbonyl (C=O) groups is 1. The molecule has 0 radical (unpaired) electrons. The molecule has 126 valence electrons. The highest BCUT2D eigenvalue weighted by Crippen LogP contribution is 2.41. The van der Waals surface area contributed by atoms with Gasteiger partial charge >= 0.3 is 0 Å². The van der Waals surface area contributed by atoms with Crippen LogP contribution in [-0.2, 0) is 0 Å². The van der Waals surface area contributed by atoms with Crippen LogP contribution < -0.4 is 5.32 Å². The SMILES string of the molecule is Cc1cccnc1[C@@H](NC(=O)c1cc(-c2ccccc2)on1)C1CC1. The first-order chi connectivity index (χ1) is 12.2. The third kappa shape index (κ3) is 3.31. The number of aryl methyl sites for hydroxylation is 1. The molecule has 0 spiro atoms. The zero-order valence-electron chi connectivity index (χ0n) is 14.0. The van der Waals surface area contributed by atoms with Crippen molar-refractivity contribution in [1.29, 1.82) is 0 Å². The Balaban J connectivity index is 1.55. The van der Waals surface area contributed by atoms with Crippen LogP contribution in [0.4, 0.5) is 0 Å². The van der Waals surface area contributed by atoms with Crippen LogP contribution in [-0.4, -0.2) is 16.0 Å². The third-order valence-electron chi connectivity index (χ3n) is 4.53. The number of benzene rings is 1. The topological polar surface area (TPSA) is 68.0 Å². The fraction of sp³-hybridized carbons (Fsp3) is 0.250. The van der Waals surface area contributed by atoms with E-state index in [9.17, 15) is 4.79 Å². The van der Waals surface area contributed by atoms with Crippen molar-refractivity contribution >= 4 is 5.91 Å². The third-order valence-corrected chi connectivity index (χ3v) is 4.53. The van der Waals surface area contributed by atoms with Crippen molar-refractivity contribution < 1.29 is 9.32 Å².